The summed E-state index contributed by atoms with van der Waals surface area (Å²) in [6.45, 7) is 6.76. The van der Waals surface area contributed by atoms with Crippen molar-refractivity contribution >= 4 is 0 Å². The summed E-state index contributed by atoms with van der Waals surface area (Å²) in [6.07, 6.45) is 1.58. The average molecular weight is 144 g/mol. The molecule has 1 aliphatic rings. The molecule has 0 amide bonds. The Morgan fingerprint density at radius 1 is 1.60 bits per heavy atom. The third kappa shape index (κ3) is 1.96. The van der Waals surface area contributed by atoms with E-state index in [-0.39, 0.29) is 0 Å². The summed E-state index contributed by atoms with van der Waals surface area (Å²) in [4.78, 5) is 0. The van der Waals surface area contributed by atoms with Gasteiger partial charge in [0.15, 0.2) is 0 Å². The second-order valence-corrected chi connectivity index (χ2v) is 2.78. The fourth-order valence-corrected chi connectivity index (χ4v) is 1.26. The van der Waals surface area contributed by atoms with E-state index in [1.54, 1.807) is 0 Å². The molecule has 1 rings (SSSR count). The average Bonchev–Trinajstić information content (AvgIpc) is 2.31. The molecule has 1 heterocycles. The third-order valence-electron chi connectivity index (χ3n) is 2.07. The molecule has 0 saturated carbocycles. The van der Waals surface area contributed by atoms with Crippen LogP contribution < -0.4 is 0 Å². The van der Waals surface area contributed by atoms with Gasteiger partial charge >= 0.3 is 0 Å². The first-order valence-electron chi connectivity index (χ1n) is 4.04. The molecule has 0 radical (unpaired) electrons. The van der Waals surface area contributed by atoms with E-state index in [2.05, 4.69) is 6.92 Å². The molecular formula is C8H16O2. The van der Waals surface area contributed by atoms with Crippen molar-refractivity contribution in [1.82, 2.24) is 0 Å². The number of hydrogen-bond acceptors (Lipinski definition) is 2. The Bertz CT molecular complexity index is 93.3. The molecule has 2 unspecified atom stereocenters. The van der Waals surface area contributed by atoms with E-state index in [0.717, 1.165) is 19.8 Å². The molecule has 2 heteroatoms. The Hall–Kier alpha value is -0.0800. The highest BCUT2D eigenvalue weighted by Gasteiger charge is 2.23. The first-order valence-corrected chi connectivity index (χ1v) is 4.04. The molecule has 0 bridgehead atoms. The van der Waals surface area contributed by atoms with Crippen molar-refractivity contribution in [1.29, 1.82) is 0 Å². The highest BCUT2D eigenvalue weighted by molar-refractivity contribution is 4.71. The van der Waals surface area contributed by atoms with Gasteiger partial charge in [-0.05, 0) is 20.3 Å². The van der Waals surface area contributed by atoms with E-state index in [0.29, 0.717) is 12.0 Å². The Morgan fingerprint density at radius 2 is 2.40 bits per heavy atom. The molecule has 10 heavy (non-hydrogen) atoms. The Morgan fingerprint density at radius 3 is 2.90 bits per heavy atom. The Labute approximate surface area is 62.5 Å². The Kier molecular flexibility index (Phi) is 3.16. The van der Waals surface area contributed by atoms with Gasteiger partial charge in [-0.3, -0.25) is 0 Å². The molecule has 0 spiro atoms. The van der Waals surface area contributed by atoms with Gasteiger partial charge in [0.05, 0.1) is 12.7 Å². The third-order valence-corrected chi connectivity index (χ3v) is 2.07. The zero-order valence-electron chi connectivity index (χ0n) is 6.80. The second kappa shape index (κ2) is 3.94. The van der Waals surface area contributed by atoms with Crippen molar-refractivity contribution in [2.75, 3.05) is 19.8 Å². The minimum Gasteiger partial charge on any atom is -0.381 e. The molecule has 0 aliphatic carbocycles. The van der Waals surface area contributed by atoms with Crippen LogP contribution in [0.4, 0.5) is 0 Å². The van der Waals surface area contributed by atoms with Crippen LogP contribution in [-0.4, -0.2) is 25.9 Å². The maximum absolute atomic E-state index is 5.38. The molecular weight excluding hydrogens is 128 g/mol. The van der Waals surface area contributed by atoms with E-state index in [1.807, 2.05) is 6.92 Å². The van der Waals surface area contributed by atoms with E-state index < -0.39 is 0 Å². The molecule has 0 aromatic heterocycles. The van der Waals surface area contributed by atoms with Gasteiger partial charge in [-0.25, -0.2) is 0 Å². The van der Waals surface area contributed by atoms with Crippen LogP contribution in [0.25, 0.3) is 0 Å². The predicted octanol–water partition coefficient (Wildman–Crippen LogP) is 1.45. The topological polar surface area (TPSA) is 18.5 Å². The lowest BCUT2D eigenvalue weighted by Gasteiger charge is -2.12. The van der Waals surface area contributed by atoms with Crippen LogP contribution in [0, 0.1) is 5.92 Å². The molecule has 1 saturated heterocycles. The predicted molar refractivity (Wildman–Crippen MR) is 40.0 cm³/mol. The van der Waals surface area contributed by atoms with Crippen LogP contribution in [0.2, 0.25) is 0 Å². The van der Waals surface area contributed by atoms with E-state index in [1.165, 1.54) is 6.42 Å². The van der Waals surface area contributed by atoms with Crippen LogP contribution in [0.5, 0.6) is 0 Å². The maximum atomic E-state index is 5.38. The quantitative estimate of drug-likeness (QED) is 0.597. The summed E-state index contributed by atoms with van der Waals surface area (Å²) in [5.41, 5.74) is 0. The highest BCUT2D eigenvalue weighted by Crippen LogP contribution is 2.20. The summed E-state index contributed by atoms with van der Waals surface area (Å²) >= 11 is 0. The van der Waals surface area contributed by atoms with Crippen molar-refractivity contribution in [3.63, 3.8) is 0 Å². The van der Waals surface area contributed by atoms with Gasteiger partial charge in [0, 0.05) is 19.1 Å². The summed E-state index contributed by atoms with van der Waals surface area (Å²) in [5, 5.41) is 0. The summed E-state index contributed by atoms with van der Waals surface area (Å²) < 4.78 is 10.7. The number of rotatable bonds is 3. The van der Waals surface area contributed by atoms with Gasteiger partial charge in [-0.1, -0.05) is 0 Å². The summed E-state index contributed by atoms with van der Waals surface area (Å²) in [5.74, 6) is 0.639. The number of ether oxygens (including phenoxy) is 2. The SMILES string of the molecule is CCOCC1CCOC1C. The van der Waals surface area contributed by atoms with Crippen molar-refractivity contribution in [2.45, 2.75) is 26.4 Å². The lowest BCUT2D eigenvalue weighted by Crippen LogP contribution is -2.17. The minimum atomic E-state index is 0.409. The first kappa shape index (κ1) is 8.02. The van der Waals surface area contributed by atoms with Crippen LogP contribution in [-0.2, 0) is 9.47 Å². The normalized spacial score (nSPS) is 33.0. The van der Waals surface area contributed by atoms with Gasteiger partial charge < -0.3 is 9.47 Å². The lowest BCUT2D eigenvalue weighted by molar-refractivity contribution is 0.0574. The van der Waals surface area contributed by atoms with Crippen molar-refractivity contribution in [2.24, 2.45) is 5.92 Å². The minimum absolute atomic E-state index is 0.409. The van der Waals surface area contributed by atoms with E-state index in [4.69, 9.17) is 9.47 Å². The monoisotopic (exact) mass is 144 g/mol. The first-order chi connectivity index (χ1) is 4.84. The smallest absolute Gasteiger partial charge is 0.0597 e. The Balaban J connectivity index is 2.14. The van der Waals surface area contributed by atoms with Gasteiger partial charge in [-0.15, -0.1) is 0 Å². The maximum Gasteiger partial charge on any atom is 0.0597 e. The molecule has 60 valence electrons. The number of hydrogen-bond donors (Lipinski definition) is 0. The molecule has 2 atom stereocenters. The highest BCUT2D eigenvalue weighted by atomic mass is 16.5. The van der Waals surface area contributed by atoms with Crippen molar-refractivity contribution < 1.29 is 9.47 Å². The molecule has 1 fully saturated rings. The van der Waals surface area contributed by atoms with Gasteiger partial charge in [0.1, 0.15) is 0 Å². The summed E-state index contributed by atoms with van der Waals surface area (Å²) in [7, 11) is 0. The molecule has 2 nitrogen and oxygen atoms in total. The van der Waals surface area contributed by atoms with Crippen molar-refractivity contribution in [3.05, 3.63) is 0 Å². The fourth-order valence-electron chi connectivity index (χ4n) is 1.26. The largest absolute Gasteiger partial charge is 0.381 e. The van der Waals surface area contributed by atoms with E-state index >= 15 is 0 Å². The van der Waals surface area contributed by atoms with Crippen LogP contribution in [0.3, 0.4) is 0 Å². The van der Waals surface area contributed by atoms with Gasteiger partial charge in [0.2, 0.25) is 0 Å². The van der Waals surface area contributed by atoms with Crippen LogP contribution in [0.1, 0.15) is 20.3 Å². The van der Waals surface area contributed by atoms with Crippen LogP contribution >= 0.6 is 0 Å². The van der Waals surface area contributed by atoms with Gasteiger partial charge in [0.25, 0.3) is 0 Å². The van der Waals surface area contributed by atoms with E-state index in [9.17, 15) is 0 Å². The zero-order valence-corrected chi connectivity index (χ0v) is 6.80. The molecule has 0 aromatic rings. The standard InChI is InChI=1S/C8H16O2/c1-3-9-6-8-4-5-10-7(8)2/h7-8H,3-6H2,1-2H3. The summed E-state index contributed by atoms with van der Waals surface area (Å²) in [6, 6.07) is 0. The van der Waals surface area contributed by atoms with Crippen LogP contribution in [0.15, 0.2) is 0 Å². The van der Waals surface area contributed by atoms with Crippen molar-refractivity contribution in [3.8, 4) is 0 Å². The fraction of sp³-hybridized carbons (Fsp3) is 1.00. The zero-order chi connectivity index (χ0) is 7.40. The molecule has 0 N–H and O–H groups in total. The molecule has 0 aromatic carbocycles. The lowest BCUT2D eigenvalue weighted by atomic mass is 10.0. The molecule has 1 aliphatic heterocycles. The second-order valence-electron chi connectivity index (χ2n) is 2.78. The van der Waals surface area contributed by atoms with Gasteiger partial charge in [-0.2, -0.15) is 0 Å².